The first-order valence-corrected chi connectivity index (χ1v) is 4.69. The van der Waals surface area contributed by atoms with Crippen molar-refractivity contribution in [3.8, 4) is 0 Å². The molecule has 0 aromatic heterocycles. The van der Waals surface area contributed by atoms with Gasteiger partial charge in [0.1, 0.15) is 5.78 Å². The molecule has 1 aliphatic rings. The second-order valence-corrected chi connectivity index (χ2v) is 3.63. The number of ketones is 1. The van der Waals surface area contributed by atoms with Crippen molar-refractivity contribution in [2.75, 3.05) is 25.9 Å². The highest BCUT2D eigenvalue weighted by Gasteiger charge is 2.24. The van der Waals surface area contributed by atoms with E-state index in [1.54, 1.807) is 0 Å². The van der Waals surface area contributed by atoms with Crippen LogP contribution in [0.5, 0.6) is 0 Å². The third-order valence-corrected chi connectivity index (χ3v) is 2.43. The van der Waals surface area contributed by atoms with Crippen LogP contribution in [0.3, 0.4) is 0 Å². The second kappa shape index (κ2) is 4.12. The van der Waals surface area contributed by atoms with Crippen LogP contribution in [0, 0.1) is 5.92 Å². The Hall–Kier alpha value is -0.0200. The monoisotopic (exact) mass is 173 g/mol. The van der Waals surface area contributed by atoms with Gasteiger partial charge >= 0.3 is 0 Å². The number of likely N-dealkylation sites (tertiary alicyclic amines) is 1. The summed E-state index contributed by atoms with van der Waals surface area (Å²) in [6.07, 6.45) is 1.69. The van der Waals surface area contributed by atoms with E-state index in [-0.39, 0.29) is 0 Å². The third kappa shape index (κ3) is 2.49. The lowest BCUT2D eigenvalue weighted by Gasteiger charge is -2.07. The van der Waals surface area contributed by atoms with Crippen molar-refractivity contribution in [1.29, 1.82) is 0 Å². The molecule has 1 saturated heterocycles. The van der Waals surface area contributed by atoms with Crippen molar-refractivity contribution in [3.63, 3.8) is 0 Å². The zero-order valence-corrected chi connectivity index (χ0v) is 7.81. The number of thiol groups is 1. The van der Waals surface area contributed by atoms with Crippen LogP contribution in [0.2, 0.25) is 0 Å². The Morgan fingerprint density at radius 3 is 2.91 bits per heavy atom. The van der Waals surface area contributed by atoms with Gasteiger partial charge in [-0.2, -0.15) is 12.6 Å². The van der Waals surface area contributed by atoms with Crippen LogP contribution in [0.25, 0.3) is 0 Å². The van der Waals surface area contributed by atoms with E-state index >= 15 is 0 Å². The molecule has 2 nitrogen and oxygen atoms in total. The Balaban J connectivity index is 2.31. The van der Waals surface area contributed by atoms with Crippen molar-refractivity contribution in [1.82, 2.24) is 4.90 Å². The minimum Gasteiger partial charge on any atom is -0.306 e. The Labute approximate surface area is 73.4 Å². The van der Waals surface area contributed by atoms with E-state index in [2.05, 4.69) is 24.6 Å². The van der Waals surface area contributed by atoms with Gasteiger partial charge in [0.05, 0.1) is 0 Å². The largest absolute Gasteiger partial charge is 0.306 e. The molecule has 1 heterocycles. The molecule has 0 aromatic rings. The molecule has 0 amide bonds. The molecular weight excluding hydrogens is 158 g/mol. The van der Waals surface area contributed by atoms with Crippen molar-refractivity contribution >= 4 is 18.4 Å². The number of carbonyl (C=O) groups is 1. The first-order chi connectivity index (χ1) is 5.24. The van der Waals surface area contributed by atoms with E-state index in [9.17, 15) is 4.79 Å². The second-order valence-electron chi connectivity index (χ2n) is 3.19. The molecule has 0 radical (unpaired) electrons. The highest BCUT2D eigenvalue weighted by atomic mass is 32.1. The topological polar surface area (TPSA) is 20.3 Å². The fraction of sp³-hybridized carbons (Fsp3) is 0.875. The van der Waals surface area contributed by atoms with Gasteiger partial charge in [-0.15, -0.1) is 0 Å². The molecule has 1 rings (SSSR count). The number of hydrogen-bond donors (Lipinski definition) is 1. The molecule has 0 saturated carbocycles. The van der Waals surface area contributed by atoms with Crippen LogP contribution in [0.1, 0.15) is 12.8 Å². The summed E-state index contributed by atoms with van der Waals surface area (Å²) in [4.78, 5) is 13.5. The fourth-order valence-corrected chi connectivity index (χ4v) is 1.73. The Morgan fingerprint density at radius 2 is 2.45 bits per heavy atom. The lowest BCUT2D eigenvalue weighted by molar-refractivity contribution is -0.122. The summed E-state index contributed by atoms with van der Waals surface area (Å²) >= 11 is 4.04. The van der Waals surface area contributed by atoms with Crippen LogP contribution in [-0.2, 0) is 4.79 Å². The van der Waals surface area contributed by atoms with Gasteiger partial charge in [-0.05, 0) is 25.8 Å². The molecule has 0 aromatic carbocycles. The molecule has 0 aliphatic carbocycles. The zero-order valence-electron chi connectivity index (χ0n) is 6.92. The molecule has 0 N–H and O–H groups in total. The zero-order chi connectivity index (χ0) is 8.27. The van der Waals surface area contributed by atoms with Crippen LogP contribution < -0.4 is 0 Å². The number of carbonyl (C=O) groups excluding carboxylic acids is 1. The molecule has 1 unspecified atom stereocenters. The number of Topliss-reactive ketones (excluding diaryl/α,β-unsaturated/α-hetero) is 1. The molecule has 1 atom stereocenters. The maximum Gasteiger partial charge on any atom is 0.138 e. The fourth-order valence-electron chi connectivity index (χ4n) is 1.51. The van der Waals surface area contributed by atoms with Crippen molar-refractivity contribution in [2.24, 2.45) is 5.92 Å². The molecule has 0 spiro atoms. The number of hydrogen-bond acceptors (Lipinski definition) is 3. The molecule has 11 heavy (non-hydrogen) atoms. The molecule has 3 heteroatoms. The number of rotatable bonds is 3. The van der Waals surface area contributed by atoms with E-state index in [0.29, 0.717) is 23.9 Å². The number of nitrogens with zero attached hydrogens (tertiary/aromatic N) is 1. The van der Waals surface area contributed by atoms with Crippen LogP contribution in [0.15, 0.2) is 0 Å². The van der Waals surface area contributed by atoms with Gasteiger partial charge in [-0.1, -0.05) is 0 Å². The smallest absolute Gasteiger partial charge is 0.138 e. The predicted octanol–water partition coefficient (Wildman–Crippen LogP) is 0.827. The van der Waals surface area contributed by atoms with Crippen LogP contribution in [-0.4, -0.2) is 36.6 Å². The van der Waals surface area contributed by atoms with E-state index in [4.69, 9.17) is 0 Å². The molecule has 0 bridgehead atoms. The minimum atomic E-state index is 0.298. The van der Waals surface area contributed by atoms with Gasteiger partial charge in [0.2, 0.25) is 0 Å². The first kappa shape index (κ1) is 9.07. The Morgan fingerprint density at radius 1 is 1.73 bits per heavy atom. The van der Waals surface area contributed by atoms with Gasteiger partial charge in [-0.25, -0.2) is 0 Å². The van der Waals surface area contributed by atoms with Gasteiger partial charge < -0.3 is 4.90 Å². The van der Waals surface area contributed by atoms with Crippen LogP contribution in [0.4, 0.5) is 0 Å². The van der Waals surface area contributed by atoms with Crippen molar-refractivity contribution in [3.05, 3.63) is 0 Å². The summed E-state index contributed by atoms with van der Waals surface area (Å²) in [5, 5.41) is 0. The quantitative estimate of drug-likeness (QED) is 0.638. The average molecular weight is 173 g/mol. The Kier molecular flexibility index (Phi) is 3.40. The standard InChI is InChI=1S/C8H15NOS/c1-9-4-2-7(6-9)8(10)3-5-11/h7,11H,2-6H2,1H3. The van der Waals surface area contributed by atoms with Crippen LogP contribution >= 0.6 is 12.6 Å². The maximum absolute atomic E-state index is 11.3. The Bertz CT molecular complexity index is 149. The highest BCUT2D eigenvalue weighted by Crippen LogP contribution is 2.16. The molecule has 1 fully saturated rings. The molecule has 1 aliphatic heterocycles. The average Bonchev–Trinajstić information content (AvgIpc) is 2.36. The molecule has 64 valence electrons. The summed E-state index contributed by atoms with van der Waals surface area (Å²) in [5.74, 6) is 1.38. The summed E-state index contributed by atoms with van der Waals surface area (Å²) in [5.41, 5.74) is 0. The third-order valence-electron chi connectivity index (χ3n) is 2.20. The highest BCUT2D eigenvalue weighted by molar-refractivity contribution is 7.80. The maximum atomic E-state index is 11.3. The van der Waals surface area contributed by atoms with Gasteiger partial charge in [0, 0.05) is 18.9 Å². The van der Waals surface area contributed by atoms with Gasteiger partial charge in [-0.3, -0.25) is 4.79 Å². The van der Waals surface area contributed by atoms with E-state index < -0.39 is 0 Å². The van der Waals surface area contributed by atoms with E-state index in [1.807, 2.05) is 0 Å². The SMILES string of the molecule is CN1CCC(C(=O)CCS)C1. The van der Waals surface area contributed by atoms with E-state index in [1.165, 1.54) is 0 Å². The summed E-state index contributed by atoms with van der Waals surface area (Å²) in [6, 6.07) is 0. The predicted molar refractivity (Wildman–Crippen MR) is 49.1 cm³/mol. The van der Waals surface area contributed by atoms with E-state index in [0.717, 1.165) is 19.5 Å². The van der Waals surface area contributed by atoms with Gasteiger partial charge in [0.15, 0.2) is 0 Å². The van der Waals surface area contributed by atoms with Gasteiger partial charge in [0.25, 0.3) is 0 Å². The minimum absolute atomic E-state index is 0.298. The lowest BCUT2D eigenvalue weighted by atomic mass is 10.0. The van der Waals surface area contributed by atoms with Crippen molar-refractivity contribution < 1.29 is 4.79 Å². The summed E-state index contributed by atoms with van der Waals surface area (Å²) < 4.78 is 0. The molecular formula is C8H15NOS. The summed E-state index contributed by atoms with van der Waals surface area (Å²) in [7, 11) is 2.06. The first-order valence-electron chi connectivity index (χ1n) is 4.06. The summed E-state index contributed by atoms with van der Waals surface area (Å²) in [6.45, 7) is 2.02. The van der Waals surface area contributed by atoms with Crippen molar-refractivity contribution in [2.45, 2.75) is 12.8 Å². The normalized spacial score (nSPS) is 25.8. The lowest BCUT2D eigenvalue weighted by Crippen LogP contribution is -2.19.